The number of halogens is 4. The van der Waals surface area contributed by atoms with E-state index in [-0.39, 0.29) is 24.4 Å². The van der Waals surface area contributed by atoms with Gasteiger partial charge in [-0.15, -0.1) is 10.2 Å². The first-order chi connectivity index (χ1) is 13.9. The maximum atomic E-state index is 13.8. The normalized spacial score (nSPS) is 20.0. The monoisotopic (exact) mass is 426 g/mol. The fraction of sp³-hybridized carbons (Fsp3) is 0.450. The van der Waals surface area contributed by atoms with Crippen LogP contribution in [-0.2, 0) is 11.2 Å². The number of aliphatic imine (C=N–C) groups is 1. The van der Waals surface area contributed by atoms with Crippen molar-refractivity contribution in [2.24, 2.45) is 21.1 Å². The Balaban J connectivity index is 1.82. The van der Waals surface area contributed by atoms with Crippen LogP contribution in [0.5, 0.6) is 0 Å². The Hall–Kier alpha value is -2.35. The molecule has 0 saturated carbocycles. The molecule has 0 fully saturated rings. The highest BCUT2D eigenvalue weighted by molar-refractivity contribution is 6.65. The molecule has 5 nitrogen and oxygen atoms in total. The molecular weight excluding hydrogens is 405 g/mol. The van der Waals surface area contributed by atoms with E-state index in [0.717, 1.165) is 12.0 Å². The summed E-state index contributed by atoms with van der Waals surface area (Å²) in [6.45, 7) is 1.96. The first kappa shape index (κ1) is 21.4. The maximum Gasteiger partial charge on any atom is 0.431 e. The lowest BCUT2D eigenvalue weighted by atomic mass is 10.0. The zero-order valence-corrected chi connectivity index (χ0v) is 16.7. The van der Waals surface area contributed by atoms with Crippen LogP contribution >= 0.6 is 11.6 Å². The fourth-order valence-electron chi connectivity index (χ4n) is 3.33. The molecule has 2 aliphatic heterocycles. The van der Waals surface area contributed by atoms with Gasteiger partial charge in [0.05, 0.1) is 12.5 Å². The lowest BCUT2D eigenvalue weighted by Crippen LogP contribution is -2.36. The molecule has 9 heteroatoms. The molecule has 1 aromatic rings. The molecule has 2 heterocycles. The number of aryl methyl sites for hydroxylation is 1. The molecule has 29 heavy (non-hydrogen) atoms. The first-order valence-electron chi connectivity index (χ1n) is 9.51. The topological polar surface area (TPSA) is 49.6 Å². The van der Waals surface area contributed by atoms with Gasteiger partial charge < -0.3 is 9.64 Å². The number of amidine groups is 1. The van der Waals surface area contributed by atoms with Crippen molar-refractivity contribution in [2.75, 3.05) is 18.1 Å². The van der Waals surface area contributed by atoms with Gasteiger partial charge in [0.1, 0.15) is 12.3 Å². The minimum atomic E-state index is -4.46. The second kappa shape index (κ2) is 9.43. The largest absolute Gasteiger partial charge is 0.477 e. The van der Waals surface area contributed by atoms with Crippen molar-refractivity contribution in [3.8, 4) is 0 Å². The van der Waals surface area contributed by atoms with Crippen LogP contribution in [0.4, 0.5) is 18.9 Å². The standard InChI is InChI=1S/C20H22ClF3N4O/c1-2-14-13-25-19(21)27-26-18(14)29-12-11-28-16-9-5-3-7-15(16)8-4-6-10-17(28)20(22,23)24/h3,5,7,9-10,13-14H,2,4,6,8,11-12H2,1H3. The molecule has 0 bridgehead atoms. The van der Waals surface area contributed by atoms with Crippen LogP contribution in [0.25, 0.3) is 0 Å². The van der Waals surface area contributed by atoms with Crippen LogP contribution in [-0.4, -0.2) is 36.7 Å². The van der Waals surface area contributed by atoms with Gasteiger partial charge in [0.25, 0.3) is 0 Å². The molecule has 2 aliphatic rings. The van der Waals surface area contributed by atoms with Gasteiger partial charge in [-0.1, -0.05) is 31.2 Å². The third-order valence-corrected chi connectivity index (χ3v) is 4.94. The lowest BCUT2D eigenvalue weighted by Gasteiger charge is -2.32. The van der Waals surface area contributed by atoms with Gasteiger partial charge in [0, 0.05) is 11.9 Å². The van der Waals surface area contributed by atoms with Crippen molar-refractivity contribution in [2.45, 2.75) is 38.8 Å². The number of ether oxygens (including phenoxy) is 1. The van der Waals surface area contributed by atoms with Gasteiger partial charge in [-0.25, -0.2) is 4.99 Å². The predicted molar refractivity (Wildman–Crippen MR) is 110 cm³/mol. The van der Waals surface area contributed by atoms with E-state index < -0.39 is 11.9 Å². The van der Waals surface area contributed by atoms with Crippen molar-refractivity contribution in [1.29, 1.82) is 0 Å². The number of hydrogen-bond donors (Lipinski definition) is 0. The second-order valence-corrected chi connectivity index (χ2v) is 7.05. The van der Waals surface area contributed by atoms with Gasteiger partial charge in [-0.3, -0.25) is 0 Å². The molecular formula is C20H22ClF3N4O. The third kappa shape index (κ3) is 5.38. The SMILES string of the molecule is CCC1C=NC(Cl)=NN=C1OCCN1C(C(F)(F)F)=CCCCc2ccccc21. The van der Waals surface area contributed by atoms with E-state index in [0.29, 0.717) is 30.8 Å². The van der Waals surface area contributed by atoms with E-state index >= 15 is 0 Å². The number of benzene rings is 1. The van der Waals surface area contributed by atoms with Crippen LogP contribution < -0.4 is 4.90 Å². The van der Waals surface area contributed by atoms with E-state index in [9.17, 15) is 13.2 Å². The Labute approximate surface area is 172 Å². The molecule has 1 unspecified atom stereocenters. The summed E-state index contributed by atoms with van der Waals surface area (Å²) in [6, 6.07) is 7.18. The van der Waals surface area contributed by atoms with Crippen LogP contribution in [0.1, 0.15) is 31.7 Å². The van der Waals surface area contributed by atoms with Gasteiger partial charge in [0.15, 0.2) is 0 Å². The van der Waals surface area contributed by atoms with Gasteiger partial charge in [0.2, 0.25) is 11.2 Å². The minimum Gasteiger partial charge on any atom is -0.477 e. The highest BCUT2D eigenvalue weighted by atomic mass is 35.5. The molecule has 0 aliphatic carbocycles. The Morgan fingerprint density at radius 1 is 1.24 bits per heavy atom. The fourth-order valence-corrected chi connectivity index (χ4v) is 3.42. The summed E-state index contributed by atoms with van der Waals surface area (Å²) >= 11 is 5.77. The van der Waals surface area contributed by atoms with E-state index in [2.05, 4.69) is 15.2 Å². The van der Waals surface area contributed by atoms with Crippen molar-refractivity contribution in [1.82, 2.24) is 0 Å². The Morgan fingerprint density at radius 3 is 2.79 bits per heavy atom. The number of nitrogens with zero attached hydrogens (tertiary/aromatic N) is 4. The zero-order chi connectivity index (χ0) is 20.9. The number of hydrogen-bond acceptors (Lipinski definition) is 5. The molecule has 0 saturated heterocycles. The number of rotatable bonds is 4. The number of anilines is 1. The average Bonchev–Trinajstić information content (AvgIpc) is 2.85. The second-order valence-electron chi connectivity index (χ2n) is 6.71. The summed E-state index contributed by atoms with van der Waals surface area (Å²) in [4.78, 5) is 5.24. The van der Waals surface area contributed by atoms with Crippen molar-refractivity contribution in [3.05, 3.63) is 41.6 Å². The number of alkyl halides is 3. The van der Waals surface area contributed by atoms with E-state index in [4.69, 9.17) is 16.3 Å². The molecule has 0 aromatic heterocycles. The molecule has 1 aromatic carbocycles. The number of para-hydroxylation sites is 1. The minimum absolute atomic E-state index is 0.0120. The van der Waals surface area contributed by atoms with Crippen LogP contribution in [0, 0.1) is 5.92 Å². The molecule has 0 N–H and O–H groups in total. The maximum absolute atomic E-state index is 13.8. The Morgan fingerprint density at radius 2 is 2.03 bits per heavy atom. The number of fused-ring (bicyclic) bond motifs is 1. The summed E-state index contributed by atoms with van der Waals surface area (Å²) in [6.07, 6.45) is 0.824. The highest BCUT2D eigenvalue weighted by Crippen LogP contribution is 2.36. The van der Waals surface area contributed by atoms with Gasteiger partial charge in [-0.05, 0) is 48.9 Å². The molecule has 0 amide bonds. The number of allylic oxidation sites excluding steroid dienone is 2. The summed E-state index contributed by atoms with van der Waals surface area (Å²) in [5.74, 6) is 0.0667. The van der Waals surface area contributed by atoms with E-state index in [1.165, 1.54) is 11.0 Å². The average molecular weight is 427 g/mol. The van der Waals surface area contributed by atoms with Gasteiger partial charge >= 0.3 is 6.18 Å². The lowest BCUT2D eigenvalue weighted by molar-refractivity contribution is -0.0938. The van der Waals surface area contributed by atoms with Crippen LogP contribution in [0.2, 0.25) is 0 Å². The van der Waals surface area contributed by atoms with Crippen molar-refractivity contribution >= 4 is 34.7 Å². The summed E-state index contributed by atoms with van der Waals surface area (Å²) in [5.41, 5.74) is 0.784. The summed E-state index contributed by atoms with van der Waals surface area (Å²) in [5, 5.41) is 7.67. The molecule has 3 rings (SSSR count). The van der Waals surface area contributed by atoms with E-state index in [1.54, 1.807) is 18.3 Å². The quantitative estimate of drug-likeness (QED) is 0.612. The van der Waals surface area contributed by atoms with Crippen LogP contribution in [0.3, 0.4) is 0 Å². The van der Waals surface area contributed by atoms with Crippen molar-refractivity contribution < 1.29 is 17.9 Å². The third-order valence-electron chi connectivity index (χ3n) is 4.77. The predicted octanol–water partition coefficient (Wildman–Crippen LogP) is 5.31. The molecule has 1 atom stereocenters. The zero-order valence-electron chi connectivity index (χ0n) is 16.0. The van der Waals surface area contributed by atoms with Crippen LogP contribution in [0.15, 0.2) is 51.2 Å². The Kier molecular flexibility index (Phi) is 6.95. The molecule has 0 spiro atoms. The smallest absolute Gasteiger partial charge is 0.431 e. The van der Waals surface area contributed by atoms with Crippen molar-refractivity contribution in [3.63, 3.8) is 0 Å². The summed E-state index contributed by atoms with van der Waals surface area (Å²) in [7, 11) is 0. The molecule has 0 radical (unpaired) electrons. The van der Waals surface area contributed by atoms with E-state index in [1.807, 2.05) is 19.1 Å². The molecule has 156 valence electrons. The Bertz CT molecular complexity index is 848. The summed E-state index contributed by atoms with van der Waals surface area (Å²) < 4.78 is 47.0. The highest BCUT2D eigenvalue weighted by Gasteiger charge is 2.39. The van der Waals surface area contributed by atoms with Gasteiger partial charge in [-0.2, -0.15) is 13.2 Å². The first-order valence-corrected chi connectivity index (χ1v) is 9.88.